The molecule has 1 unspecified atom stereocenters. The summed E-state index contributed by atoms with van der Waals surface area (Å²) in [4.78, 5) is 52.1. The third-order valence-corrected chi connectivity index (χ3v) is 8.09. The molecule has 0 bridgehead atoms. The number of piperazine rings is 1. The molecule has 1 fully saturated rings. The molecule has 2 N–H and O–H groups in total. The van der Waals surface area contributed by atoms with Crippen molar-refractivity contribution in [3.8, 4) is 0 Å². The van der Waals surface area contributed by atoms with E-state index >= 15 is 0 Å². The van der Waals surface area contributed by atoms with Gasteiger partial charge in [0.25, 0.3) is 5.91 Å². The van der Waals surface area contributed by atoms with Gasteiger partial charge in [-0.3, -0.25) is 24.4 Å². The Labute approximate surface area is 241 Å². The van der Waals surface area contributed by atoms with Crippen LogP contribution in [0.1, 0.15) is 37.1 Å². The number of benzene rings is 3. The fourth-order valence-corrected chi connectivity index (χ4v) is 5.49. The van der Waals surface area contributed by atoms with Gasteiger partial charge in [0, 0.05) is 60.6 Å². The summed E-state index contributed by atoms with van der Waals surface area (Å²) in [7, 11) is 2.14. The van der Waals surface area contributed by atoms with Gasteiger partial charge in [-0.05, 0) is 55.1 Å². The minimum atomic E-state index is -0.545. The maximum Gasteiger partial charge on any atom is 0.267 e. The van der Waals surface area contributed by atoms with Crippen molar-refractivity contribution in [2.24, 2.45) is 4.99 Å². The molecule has 1 saturated heterocycles. The van der Waals surface area contributed by atoms with Crippen molar-refractivity contribution in [3.05, 3.63) is 100 Å². The summed E-state index contributed by atoms with van der Waals surface area (Å²) < 4.78 is 0. The minimum Gasteiger partial charge on any atom is -0.369 e. The average molecular weight is 565 g/mol. The Bertz CT molecular complexity index is 1630. The van der Waals surface area contributed by atoms with Crippen LogP contribution in [-0.2, 0) is 4.79 Å². The smallest absolute Gasteiger partial charge is 0.267 e. The number of hydrogen-bond donors (Lipinski definition) is 2. The molecule has 3 aromatic carbocycles. The molecule has 10 heteroatoms. The summed E-state index contributed by atoms with van der Waals surface area (Å²) in [5.74, 6) is -1.23. The van der Waals surface area contributed by atoms with E-state index in [1.807, 2.05) is 12.1 Å². The van der Waals surface area contributed by atoms with Crippen LogP contribution in [0.5, 0.6) is 0 Å². The first-order chi connectivity index (χ1) is 19.9. The number of aromatic nitrogens is 1. The van der Waals surface area contributed by atoms with Gasteiger partial charge in [-0.25, -0.2) is 0 Å². The molecule has 1 aromatic heterocycles. The van der Waals surface area contributed by atoms with E-state index in [0.717, 1.165) is 37.4 Å². The molecule has 3 heterocycles. The monoisotopic (exact) mass is 564 g/mol. The molecule has 206 valence electrons. The molecule has 0 spiro atoms. The van der Waals surface area contributed by atoms with E-state index in [0.29, 0.717) is 27.4 Å². The molecule has 41 heavy (non-hydrogen) atoms. The van der Waals surface area contributed by atoms with Crippen LogP contribution < -0.4 is 15.5 Å². The SMILES string of the molecule is CN1CCN(c2ccc(N=CC3C(=O)Nc4cc(C(=O)c5cccc(NC(=O)c6cncs6)c5)ccc43)cc2)CC1. The maximum absolute atomic E-state index is 13.3. The predicted octanol–water partition coefficient (Wildman–Crippen LogP) is 4.82. The van der Waals surface area contributed by atoms with E-state index < -0.39 is 5.92 Å². The third-order valence-electron chi connectivity index (χ3n) is 7.32. The van der Waals surface area contributed by atoms with E-state index in [1.165, 1.54) is 23.2 Å². The first-order valence-electron chi connectivity index (χ1n) is 13.3. The number of amides is 2. The van der Waals surface area contributed by atoms with E-state index in [2.05, 4.69) is 49.6 Å². The molecule has 4 aromatic rings. The van der Waals surface area contributed by atoms with Gasteiger partial charge in [-0.15, -0.1) is 11.3 Å². The van der Waals surface area contributed by atoms with Crippen molar-refractivity contribution in [3.63, 3.8) is 0 Å². The molecule has 0 radical (unpaired) electrons. The fraction of sp³-hybridized carbons (Fsp3) is 0.194. The zero-order chi connectivity index (χ0) is 28.3. The zero-order valence-electron chi connectivity index (χ0n) is 22.4. The number of carbonyl (C=O) groups is 3. The number of nitrogens with zero attached hydrogens (tertiary/aromatic N) is 4. The summed E-state index contributed by atoms with van der Waals surface area (Å²) in [6, 6.07) is 20.0. The molecular weight excluding hydrogens is 536 g/mol. The molecule has 0 saturated carbocycles. The van der Waals surface area contributed by atoms with Gasteiger partial charge in [-0.2, -0.15) is 0 Å². The zero-order valence-corrected chi connectivity index (χ0v) is 23.2. The number of anilines is 3. The molecule has 0 aliphatic carbocycles. The summed E-state index contributed by atoms with van der Waals surface area (Å²) in [5.41, 5.74) is 6.28. The summed E-state index contributed by atoms with van der Waals surface area (Å²) in [5, 5.41) is 5.68. The normalized spacial score (nSPS) is 17.0. The van der Waals surface area contributed by atoms with Gasteiger partial charge < -0.3 is 20.4 Å². The van der Waals surface area contributed by atoms with Crippen LogP contribution in [0, 0.1) is 0 Å². The lowest BCUT2D eigenvalue weighted by Gasteiger charge is -2.34. The lowest BCUT2D eigenvalue weighted by molar-refractivity contribution is -0.115. The molecule has 2 aliphatic rings. The summed E-state index contributed by atoms with van der Waals surface area (Å²) in [6.45, 7) is 4.08. The van der Waals surface area contributed by atoms with Crippen LogP contribution in [0.4, 0.5) is 22.7 Å². The lowest BCUT2D eigenvalue weighted by atomic mass is 9.97. The fourth-order valence-electron chi connectivity index (χ4n) is 4.98. The second-order valence-electron chi connectivity index (χ2n) is 10.1. The topological polar surface area (TPSA) is 107 Å². The number of rotatable bonds is 7. The standard InChI is InChI=1S/C31H28N6O3S/c1-36-11-13-37(14-12-36)24-8-6-22(7-9-24)33-17-26-25-10-5-21(16-27(25)35-30(26)39)29(38)20-3-2-4-23(15-20)34-31(40)28-18-32-19-41-28/h2-10,15-19,26H,11-14H2,1H3,(H,34,40)(H,35,39). The van der Waals surface area contributed by atoms with Crippen molar-refractivity contribution in [1.29, 1.82) is 0 Å². The second kappa shape index (κ2) is 11.4. The van der Waals surface area contributed by atoms with Crippen LogP contribution in [-0.4, -0.2) is 66.9 Å². The van der Waals surface area contributed by atoms with Crippen LogP contribution in [0.2, 0.25) is 0 Å². The van der Waals surface area contributed by atoms with Crippen LogP contribution in [0.3, 0.4) is 0 Å². The number of thiazole rings is 1. The number of ketones is 1. The number of carbonyl (C=O) groups excluding carboxylic acids is 3. The van der Waals surface area contributed by atoms with Crippen LogP contribution >= 0.6 is 11.3 Å². The molecule has 2 aliphatic heterocycles. The Morgan fingerprint density at radius 2 is 1.80 bits per heavy atom. The Balaban J connectivity index is 1.14. The van der Waals surface area contributed by atoms with Crippen LogP contribution in [0.15, 0.2) is 83.4 Å². The van der Waals surface area contributed by atoms with Gasteiger partial charge in [-0.1, -0.05) is 24.3 Å². The molecule has 9 nitrogen and oxygen atoms in total. The quantitative estimate of drug-likeness (QED) is 0.246. The Morgan fingerprint density at radius 3 is 2.56 bits per heavy atom. The maximum atomic E-state index is 13.3. The molecule has 2 amide bonds. The minimum absolute atomic E-state index is 0.185. The number of aliphatic imine (C=N–C) groups is 1. The van der Waals surface area contributed by atoms with Gasteiger partial charge in [0.05, 0.1) is 17.4 Å². The lowest BCUT2D eigenvalue weighted by Crippen LogP contribution is -2.44. The van der Waals surface area contributed by atoms with Crippen molar-refractivity contribution < 1.29 is 14.4 Å². The highest BCUT2D eigenvalue weighted by Crippen LogP contribution is 2.33. The first kappa shape index (κ1) is 26.5. The van der Waals surface area contributed by atoms with Crippen LogP contribution in [0.25, 0.3) is 0 Å². The van der Waals surface area contributed by atoms with Gasteiger partial charge in [0.1, 0.15) is 10.8 Å². The number of nitrogens with one attached hydrogen (secondary N) is 2. The van der Waals surface area contributed by atoms with E-state index in [-0.39, 0.29) is 17.6 Å². The van der Waals surface area contributed by atoms with E-state index in [9.17, 15) is 14.4 Å². The summed E-state index contributed by atoms with van der Waals surface area (Å²) >= 11 is 1.24. The van der Waals surface area contributed by atoms with Gasteiger partial charge >= 0.3 is 0 Å². The average Bonchev–Trinajstić information content (AvgIpc) is 3.64. The molecule has 1 atom stereocenters. The molecular formula is C31H28N6O3S. The van der Waals surface area contributed by atoms with Crippen molar-refractivity contribution >= 4 is 57.9 Å². The number of likely N-dealkylation sites (N-methyl/N-ethyl adjacent to an activating group) is 1. The number of fused-ring (bicyclic) bond motifs is 1. The summed E-state index contributed by atoms with van der Waals surface area (Å²) in [6.07, 6.45) is 3.15. The molecule has 6 rings (SSSR count). The Kier molecular flexibility index (Phi) is 7.41. The first-order valence-corrected chi connectivity index (χ1v) is 14.2. The van der Waals surface area contributed by atoms with Crippen molar-refractivity contribution in [2.75, 3.05) is 48.8 Å². The Hall–Kier alpha value is -4.67. The number of hydrogen-bond acceptors (Lipinski definition) is 8. The second-order valence-corrected chi connectivity index (χ2v) is 11.0. The third kappa shape index (κ3) is 5.79. The highest BCUT2D eigenvalue weighted by molar-refractivity contribution is 7.11. The predicted molar refractivity (Wildman–Crippen MR) is 162 cm³/mol. The highest BCUT2D eigenvalue weighted by Gasteiger charge is 2.30. The largest absolute Gasteiger partial charge is 0.369 e. The van der Waals surface area contributed by atoms with E-state index in [1.54, 1.807) is 54.2 Å². The van der Waals surface area contributed by atoms with E-state index in [4.69, 9.17) is 0 Å². The van der Waals surface area contributed by atoms with Crippen molar-refractivity contribution in [1.82, 2.24) is 9.88 Å². The highest BCUT2D eigenvalue weighted by atomic mass is 32.1. The Morgan fingerprint density at radius 1 is 1.02 bits per heavy atom. The van der Waals surface area contributed by atoms with Crippen molar-refractivity contribution in [2.45, 2.75) is 5.92 Å². The van der Waals surface area contributed by atoms with Gasteiger partial charge in [0.15, 0.2) is 5.78 Å². The van der Waals surface area contributed by atoms with Gasteiger partial charge in [0.2, 0.25) is 5.91 Å².